The number of nitrogens with zero attached hydrogens (tertiary/aromatic N) is 2. The molecule has 1 atom stereocenters. The van der Waals surface area contributed by atoms with Crippen molar-refractivity contribution in [2.75, 3.05) is 18.5 Å². The van der Waals surface area contributed by atoms with Crippen LogP contribution in [0, 0.1) is 0 Å². The molecule has 1 N–H and O–H groups in total. The molecule has 0 radical (unpaired) electrons. The van der Waals surface area contributed by atoms with Gasteiger partial charge in [0.05, 0.1) is 5.60 Å². The Balaban J connectivity index is 2.11. The molecule has 1 saturated heterocycles. The lowest BCUT2D eigenvalue weighted by atomic mass is 9.86. The van der Waals surface area contributed by atoms with Crippen LogP contribution in [0.25, 0.3) is 0 Å². The van der Waals surface area contributed by atoms with Crippen LogP contribution in [0.5, 0.6) is 0 Å². The average Bonchev–Trinajstić information content (AvgIpc) is 2.93. The standard InChI is InChI=1S/C15H27N3O/c1-4-8-16-14-17-9-10-18(14)13-7-11-19-15(5-2,6-3)12-13/h9-10,13H,4-8,11-12H2,1-3H3,(H,16,17). The van der Waals surface area contributed by atoms with Gasteiger partial charge in [0, 0.05) is 31.6 Å². The van der Waals surface area contributed by atoms with Gasteiger partial charge in [-0.15, -0.1) is 0 Å². The molecule has 1 fully saturated rings. The minimum Gasteiger partial charge on any atom is -0.375 e. The van der Waals surface area contributed by atoms with Crippen LogP contribution in [0.2, 0.25) is 0 Å². The van der Waals surface area contributed by atoms with Gasteiger partial charge < -0.3 is 14.6 Å². The maximum Gasteiger partial charge on any atom is 0.203 e. The number of anilines is 1. The van der Waals surface area contributed by atoms with Gasteiger partial charge in [-0.3, -0.25) is 0 Å². The second-order valence-electron chi connectivity index (χ2n) is 5.47. The molecule has 4 nitrogen and oxygen atoms in total. The van der Waals surface area contributed by atoms with E-state index in [1.54, 1.807) is 0 Å². The summed E-state index contributed by atoms with van der Waals surface area (Å²) in [6.07, 6.45) is 9.47. The molecule has 1 aromatic rings. The molecule has 19 heavy (non-hydrogen) atoms. The molecule has 2 heterocycles. The van der Waals surface area contributed by atoms with E-state index in [1.165, 1.54) is 0 Å². The van der Waals surface area contributed by atoms with Crippen LogP contribution in [0.3, 0.4) is 0 Å². The number of hydrogen-bond acceptors (Lipinski definition) is 3. The summed E-state index contributed by atoms with van der Waals surface area (Å²) in [7, 11) is 0. The highest BCUT2D eigenvalue weighted by atomic mass is 16.5. The lowest BCUT2D eigenvalue weighted by Gasteiger charge is -2.40. The highest BCUT2D eigenvalue weighted by Crippen LogP contribution is 2.38. The molecule has 1 aliphatic rings. The Morgan fingerprint density at radius 1 is 1.42 bits per heavy atom. The minimum absolute atomic E-state index is 0.0647. The van der Waals surface area contributed by atoms with E-state index in [4.69, 9.17) is 4.74 Å². The quantitative estimate of drug-likeness (QED) is 0.854. The summed E-state index contributed by atoms with van der Waals surface area (Å²) in [6, 6.07) is 0.510. The zero-order chi connectivity index (χ0) is 13.7. The first kappa shape index (κ1) is 14.4. The SMILES string of the molecule is CCCNc1nccn1C1CCOC(CC)(CC)C1. The van der Waals surface area contributed by atoms with Crippen molar-refractivity contribution in [1.82, 2.24) is 9.55 Å². The summed E-state index contributed by atoms with van der Waals surface area (Å²) in [5.41, 5.74) is 0.0647. The maximum atomic E-state index is 6.06. The third kappa shape index (κ3) is 3.11. The van der Waals surface area contributed by atoms with Crippen molar-refractivity contribution in [2.45, 2.75) is 64.5 Å². The summed E-state index contributed by atoms with van der Waals surface area (Å²) < 4.78 is 8.36. The molecule has 0 aromatic carbocycles. The first-order chi connectivity index (χ1) is 9.24. The highest BCUT2D eigenvalue weighted by Gasteiger charge is 2.35. The maximum absolute atomic E-state index is 6.06. The van der Waals surface area contributed by atoms with Crippen molar-refractivity contribution < 1.29 is 4.74 Å². The molecule has 1 aromatic heterocycles. The summed E-state index contributed by atoms with van der Waals surface area (Å²) >= 11 is 0. The summed E-state index contributed by atoms with van der Waals surface area (Å²) in [5, 5.41) is 3.41. The van der Waals surface area contributed by atoms with Crippen molar-refractivity contribution in [3.8, 4) is 0 Å². The third-order valence-electron chi connectivity index (χ3n) is 4.35. The zero-order valence-electron chi connectivity index (χ0n) is 12.5. The predicted molar refractivity (Wildman–Crippen MR) is 78.5 cm³/mol. The van der Waals surface area contributed by atoms with E-state index in [-0.39, 0.29) is 5.60 Å². The van der Waals surface area contributed by atoms with Crippen molar-refractivity contribution in [2.24, 2.45) is 0 Å². The predicted octanol–water partition coefficient (Wildman–Crippen LogP) is 3.62. The monoisotopic (exact) mass is 265 g/mol. The molecule has 2 rings (SSSR count). The average molecular weight is 265 g/mol. The van der Waals surface area contributed by atoms with Crippen LogP contribution in [0.1, 0.15) is 58.9 Å². The first-order valence-corrected chi connectivity index (χ1v) is 7.65. The zero-order valence-corrected chi connectivity index (χ0v) is 12.5. The Labute approximate surface area is 116 Å². The fourth-order valence-corrected chi connectivity index (χ4v) is 2.96. The topological polar surface area (TPSA) is 39.1 Å². The lowest BCUT2D eigenvalue weighted by Crippen LogP contribution is -2.39. The number of ether oxygens (including phenoxy) is 1. The van der Waals surface area contributed by atoms with E-state index in [0.29, 0.717) is 6.04 Å². The van der Waals surface area contributed by atoms with E-state index in [0.717, 1.165) is 51.2 Å². The van der Waals surface area contributed by atoms with Gasteiger partial charge >= 0.3 is 0 Å². The molecule has 1 aliphatic heterocycles. The van der Waals surface area contributed by atoms with Gasteiger partial charge in [-0.1, -0.05) is 20.8 Å². The normalized spacial score (nSPS) is 22.4. The number of rotatable bonds is 6. The van der Waals surface area contributed by atoms with Crippen molar-refractivity contribution >= 4 is 5.95 Å². The summed E-state index contributed by atoms with van der Waals surface area (Å²) in [5.74, 6) is 1.01. The Kier molecular flexibility index (Phi) is 4.86. The van der Waals surface area contributed by atoms with Gasteiger partial charge in [-0.05, 0) is 32.1 Å². The van der Waals surface area contributed by atoms with Crippen LogP contribution in [-0.4, -0.2) is 28.3 Å². The highest BCUT2D eigenvalue weighted by molar-refractivity contribution is 5.26. The molecule has 0 spiro atoms. The van der Waals surface area contributed by atoms with E-state index < -0.39 is 0 Å². The van der Waals surface area contributed by atoms with Crippen LogP contribution in [-0.2, 0) is 4.74 Å². The van der Waals surface area contributed by atoms with Crippen LogP contribution in [0.15, 0.2) is 12.4 Å². The number of nitrogens with one attached hydrogen (secondary N) is 1. The van der Waals surface area contributed by atoms with Crippen molar-refractivity contribution in [3.05, 3.63) is 12.4 Å². The lowest BCUT2D eigenvalue weighted by molar-refractivity contribution is -0.0984. The fourth-order valence-electron chi connectivity index (χ4n) is 2.96. The second-order valence-corrected chi connectivity index (χ2v) is 5.47. The number of aromatic nitrogens is 2. The van der Waals surface area contributed by atoms with Crippen molar-refractivity contribution in [3.63, 3.8) is 0 Å². The molecular weight excluding hydrogens is 238 g/mol. The Bertz CT molecular complexity index is 384. The molecule has 0 amide bonds. The van der Waals surface area contributed by atoms with Gasteiger partial charge in [0.25, 0.3) is 0 Å². The van der Waals surface area contributed by atoms with E-state index in [9.17, 15) is 0 Å². The summed E-state index contributed by atoms with van der Waals surface area (Å²) in [6.45, 7) is 8.48. The van der Waals surface area contributed by atoms with Gasteiger partial charge in [0.1, 0.15) is 0 Å². The third-order valence-corrected chi connectivity index (χ3v) is 4.35. The van der Waals surface area contributed by atoms with Gasteiger partial charge in [0.2, 0.25) is 5.95 Å². The molecule has 1 unspecified atom stereocenters. The largest absolute Gasteiger partial charge is 0.375 e. The minimum atomic E-state index is 0.0647. The molecule has 0 aliphatic carbocycles. The second kappa shape index (κ2) is 6.42. The van der Waals surface area contributed by atoms with Gasteiger partial charge in [0.15, 0.2) is 0 Å². The van der Waals surface area contributed by atoms with Gasteiger partial charge in [-0.2, -0.15) is 0 Å². The Morgan fingerprint density at radius 2 is 2.21 bits per heavy atom. The van der Waals surface area contributed by atoms with Crippen LogP contribution >= 0.6 is 0 Å². The number of imidazole rings is 1. The summed E-state index contributed by atoms with van der Waals surface area (Å²) in [4.78, 5) is 4.44. The number of hydrogen-bond donors (Lipinski definition) is 1. The Morgan fingerprint density at radius 3 is 2.89 bits per heavy atom. The molecule has 0 bridgehead atoms. The fraction of sp³-hybridized carbons (Fsp3) is 0.800. The molecular formula is C15H27N3O. The molecule has 0 saturated carbocycles. The van der Waals surface area contributed by atoms with Crippen molar-refractivity contribution in [1.29, 1.82) is 0 Å². The Hall–Kier alpha value is -1.03. The van der Waals surface area contributed by atoms with E-state index in [2.05, 4.69) is 41.8 Å². The van der Waals surface area contributed by atoms with Crippen LogP contribution < -0.4 is 5.32 Å². The smallest absolute Gasteiger partial charge is 0.203 e. The molecule has 4 heteroatoms. The first-order valence-electron chi connectivity index (χ1n) is 7.65. The van der Waals surface area contributed by atoms with E-state index in [1.807, 2.05) is 6.20 Å². The van der Waals surface area contributed by atoms with Gasteiger partial charge in [-0.25, -0.2) is 4.98 Å². The van der Waals surface area contributed by atoms with E-state index >= 15 is 0 Å². The van der Waals surface area contributed by atoms with Crippen LogP contribution in [0.4, 0.5) is 5.95 Å². The molecule has 108 valence electrons.